The van der Waals surface area contributed by atoms with Gasteiger partial charge in [0, 0.05) is 26.2 Å². The molecule has 2 rings (SSSR count). The average Bonchev–Trinajstić information content (AvgIpc) is 3.01. The number of likely N-dealkylation sites (tertiary alicyclic amines) is 2. The lowest BCUT2D eigenvalue weighted by Gasteiger charge is -2.43. The van der Waals surface area contributed by atoms with E-state index in [9.17, 15) is 35.9 Å². The summed E-state index contributed by atoms with van der Waals surface area (Å²) in [6, 6.07) is 0. The third-order valence-electron chi connectivity index (χ3n) is 5.16. The largest absolute Gasteiger partial charge is 0.444 e. The summed E-state index contributed by atoms with van der Waals surface area (Å²) in [5.41, 5.74) is -3.61. The van der Waals surface area contributed by atoms with Gasteiger partial charge in [0.1, 0.15) is 11.0 Å². The summed E-state index contributed by atoms with van der Waals surface area (Å²) in [5, 5.41) is 0. The summed E-state index contributed by atoms with van der Waals surface area (Å²) in [6.45, 7) is 2.98. The molecule has 0 aromatic carbocycles. The van der Waals surface area contributed by atoms with Crippen molar-refractivity contribution in [3.63, 3.8) is 0 Å². The average molecular weight is 418 g/mol. The molecule has 0 saturated carbocycles. The Balaban J connectivity index is 2.13. The molecular weight excluding hydrogens is 394 g/mol. The van der Waals surface area contributed by atoms with Crippen molar-refractivity contribution in [2.45, 2.75) is 58.0 Å². The number of carbonyl (C=O) groups excluding carboxylic acids is 2. The van der Waals surface area contributed by atoms with E-state index < -0.39 is 67.1 Å². The van der Waals surface area contributed by atoms with E-state index in [4.69, 9.17) is 4.74 Å². The van der Waals surface area contributed by atoms with Gasteiger partial charge in [-0.1, -0.05) is 0 Å². The molecule has 162 valence electrons. The van der Waals surface area contributed by atoms with Gasteiger partial charge in [0.25, 0.3) is 0 Å². The van der Waals surface area contributed by atoms with Crippen LogP contribution in [0, 0.1) is 11.3 Å². The second-order valence-electron chi connectivity index (χ2n) is 8.33. The molecule has 0 radical (unpaired) electrons. The lowest BCUT2D eigenvalue weighted by atomic mass is 9.76. The molecule has 0 aliphatic carbocycles. The number of halogens is 6. The Morgan fingerprint density at radius 3 is 1.86 bits per heavy atom. The summed E-state index contributed by atoms with van der Waals surface area (Å²) in [7, 11) is 0. The third kappa shape index (κ3) is 4.65. The molecule has 0 spiro atoms. The predicted molar refractivity (Wildman–Crippen MR) is 86.3 cm³/mol. The van der Waals surface area contributed by atoms with E-state index in [1.54, 1.807) is 20.8 Å². The summed E-state index contributed by atoms with van der Waals surface area (Å²) in [4.78, 5) is 26.5. The van der Waals surface area contributed by atoms with Crippen LogP contribution in [0.2, 0.25) is 0 Å². The summed E-state index contributed by atoms with van der Waals surface area (Å²) >= 11 is 0. The Kier molecular flexibility index (Phi) is 5.89. The second kappa shape index (κ2) is 7.29. The van der Waals surface area contributed by atoms with Gasteiger partial charge < -0.3 is 14.5 Å². The highest BCUT2D eigenvalue weighted by Gasteiger charge is 2.63. The number of rotatable bonds is 1. The van der Waals surface area contributed by atoms with E-state index in [-0.39, 0.29) is 19.6 Å². The van der Waals surface area contributed by atoms with Crippen LogP contribution in [0.25, 0.3) is 0 Å². The lowest BCUT2D eigenvalue weighted by molar-refractivity contribution is -0.237. The van der Waals surface area contributed by atoms with Crippen LogP contribution in [0.15, 0.2) is 0 Å². The molecule has 28 heavy (non-hydrogen) atoms. The maximum absolute atomic E-state index is 13.8. The SMILES string of the molecule is CC(C)(C)OC(=O)N1CCC(C(=O)N2CCC(C(F)(F)F)C2)(C(F)(F)F)CC1. The molecule has 1 unspecified atom stereocenters. The van der Waals surface area contributed by atoms with Crippen molar-refractivity contribution in [3.8, 4) is 0 Å². The standard InChI is InChI=1S/C17H24F6N2O3/c1-14(2,3)28-13(27)24-8-5-15(6-9-24,17(21,22)23)12(26)25-7-4-11(10-25)16(18,19)20/h11H,4-10H2,1-3H3. The molecule has 0 aromatic heterocycles. The van der Waals surface area contributed by atoms with Gasteiger partial charge in [0.2, 0.25) is 5.91 Å². The van der Waals surface area contributed by atoms with Crippen LogP contribution >= 0.6 is 0 Å². The Labute approximate surface area is 159 Å². The summed E-state index contributed by atoms with van der Waals surface area (Å²) < 4.78 is 85.1. The van der Waals surface area contributed by atoms with Crippen LogP contribution in [0.4, 0.5) is 31.1 Å². The van der Waals surface area contributed by atoms with Gasteiger partial charge >= 0.3 is 18.4 Å². The maximum atomic E-state index is 13.8. The molecule has 2 aliphatic rings. The van der Waals surface area contributed by atoms with E-state index in [0.717, 1.165) is 4.90 Å². The lowest BCUT2D eigenvalue weighted by Crippen LogP contribution is -2.58. The van der Waals surface area contributed by atoms with E-state index >= 15 is 0 Å². The number of nitrogens with zero attached hydrogens (tertiary/aromatic N) is 2. The first-order chi connectivity index (χ1) is 12.6. The van der Waals surface area contributed by atoms with Crippen molar-refractivity contribution in [2.75, 3.05) is 26.2 Å². The number of piperidine rings is 1. The van der Waals surface area contributed by atoms with E-state index in [1.165, 1.54) is 0 Å². The van der Waals surface area contributed by atoms with Crippen LogP contribution in [0.1, 0.15) is 40.0 Å². The van der Waals surface area contributed by atoms with E-state index in [1.807, 2.05) is 0 Å². The number of carbonyl (C=O) groups is 2. The third-order valence-corrected chi connectivity index (χ3v) is 5.16. The fraction of sp³-hybridized carbons (Fsp3) is 0.882. The maximum Gasteiger partial charge on any atom is 0.410 e. The fourth-order valence-electron chi connectivity index (χ4n) is 3.53. The quantitative estimate of drug-likeness (QED) is 0.606. The molecule has 0 aromatic rings. The van der Waals surface area contributed by atoms with Gasteiger partial charge in [-0.05, 0) is 40.0 Å². The van der Waals surface area contributed by atoms with Gasteiger partial charge in [0.05, 0.1) is 5.92 Å². The fourth-order valence-corrected chi connectivity index (χ4v) is 3.53. The minimum atomic E-state index is -4.93. The monoisotopic (exact) mass is 418 g/mol. The zero-order chi connectivity index (χ0) is 21.5. The topological polar surface area (TPSA) is 49.9 Å². The summed E-state index contributed by atoms with van der Waals surface area (Å²) in [6.07, 6.45) is -12.1. The normalized spacial score (nSPS) is 23.7. The Morgan fingerprint density at radius 2 is 1.46 bits per heavy atom. The molecule has 2 heterocycles. The minimum absolute atomic E-state index is 0.364. The molecule has 11 heteroatoms. The highest BCUT2D eigenvalue weighted by atomic mass is 19.4. The molecule has 2 aliphatic heterocycles. The van der Waals surface area contributed by atoms with Gasteiger partial charge in [-0.25, -0.2) is 4.79 Å². The molecule has 2 amide bonds. The van der Waals surface area contributed by atoms with Crippen LogP contribution in [-0.2, 0) is 9.53 Å². The first-order valence-electron chi connectivity index (χ1n) is 8.97. The van der Waals surface area contributed by atoms with Gasteiger partial charge in [0.15, 0.2) is 0 Å². The van der Waals surface area contributed by atoms with Crippen LogP contribution < -0.4 is 0 Å². The van der Waals surface area contributed by atoms with Crippen molar-refractivity contribution < 1.29 is 40.7 Å². The van der Waals surface area contributed by atoms with Crippen LogP contribution in [-0.4, -0.2) is 65.9 Å². The van der Waals surface area contributed by atoms with Crippen molar-refractivity contribution >= 4 is 12.0 Å². The predicted octanol–water partition coefficient (Wildman–Crippen LogP) is 3.98. The summed E-state index contributed by atoms with van der Waals surface area (Å²) in [5.74, 6) is -3.15. The molecule has 0 N–H and O–H groups in total. The minimum Gasteiger partial charge on any atom is -0.444 e. The molecule has 5 nitrogen and oxygen atoms in total. The number of hydrogen-bond donors (Lipinski definition) is 0. The zero-order valence-electron chi connectivity index (χ0n) is 15.9. The first-order valence-corrected chi connectivity index (χ1v) is 8.97. The molecule has 1 atom stereocenters. The van der Waals surface area contributed by atoms with E-state index in [0.29, 0.717) is 4.90 Å². The van der Waals surface area contributed by atoms with Crippen molar-refractivity contribution in [3.05, 3.63) is 0 Å². The number of ether oxygens (including phenoxy) is 1. The number of amides is 2. The first kappa shape index (κ1) is 22.6. The molecule has 0 bridgehead atoms. The van der Waals surface area contributed by atoms with Crippen LogP contribution in [0.5, 0.6) is 0 Å². The zero-order valence-corrected chi connectivity index (χ0v) is 15.9. The second-order valence-corrected chi connectivity index (χ2v) is 8.33. The van der Waals surface area contributed by atoms with Gasteiger partial charge in [-0.3, -0.25) is 4.79 Å². The number of alkyl halides is 6. The smallest absolute Gasteiger partial charge is 0.410 e. The Morgan fingerprint density at radius 1 is 0.929 bits per heavy atom. The highest BCUT2D eigenvalue weighted by Crippen LogP contribution is 2.49. The highest BCUT2D eigenvalue weighted by molar-refractivity contribution is 5.84. The van der Waals surface area contributed by atoms with Crippen molar-refractivity contribution in [2.24, 2.45) is 11.3 Å². The molecule has 2 fully saturated rings. The van der Waals surface area contributed by atoms with Gasteiger partial charge in [-0.15, -0.1) is 0 Å². The van der Waals surface area contributed by atoms with Gasteiger partial charge in [-0.2, -0.15) is 26.3 Å². The van der Waals surface area contributed by atoms with Crippen LogP contribution in [0.3, 0.4) is 0 Å². The molecule has 2 saturated heterocycles. The number of hydrogen-bond acceptors (Lipinski definition) is 3. The van der Waals surface area contributed by atoms with Crippen molar-refractivity contribution in [1.29, 1.82) is 0 Å². The Bertz CT molecular complexity index is 603. The van der Waals surface area contributed by atoms with Crippen molar-refractivity contribution in [1.82, 2.24) is 9.80 Å². The molecular formula is C17H24F6N2O3. The Hall–Kier alpha value is -1.68. The van der Waals surface area contributed by atoms with E-state index in [2.05, 4.69) is 0 Å².